The second kappa shape index (κ2) is 9.32. The predicted molar refractivity (Wildman–Crippen MR) is 114 cm³/mol. The lowest BCUT2D eigenvalue weighted by Crippen LogP contribution is -2.33. The van der Waals surface area contributed by atoms with Crippen molar-refractivity contribution in [3.63, 3.8) is 0 Å². The van der Waals surface area contributed by atoms with Gasteiger partial charge in [-0.25, -0.2) is 23.9 Å². The molecule has 3 aromatic rings. The van der Waals surface area contributed by atoms with Crippen molar-refractivity contribution in [2.45, 2.75) is 38.0 Å². The topological polar surface area (TPSA) is 192 Å². The molecule has 0 spiro atoms. The minimum absolute atomic E-state index is 0.0189. The number of ether oxygens (including phenoxy) is 1. The van der Waals surface area contributed by atoms with Crippen LogP contribution in [0.2, 0.25) is 5.02 Å². The molecule has 0 amide bonds. The van der Waals surface area contributed by atoms with Gasteiger partial charge in [0.2, 0.25) is 0 Å². The number of nitrogens with zero attached hydrogens (tertiary/aromatic N) is 4. The van der Waals surface area contributed by atoms with Crippen LogP contribution in [0.4, 0.5) is 10.2 Å². The number of phosphoric acid groups is 1. The molecular weight excluding hydrogens is 500 g/mol. The molecule has 6 N–H and O–H groups in total. The summed E-state index contributed by atoms with van der Waals surface area (Å²) in [6, 6.07) is 1.08. The number of aryl methyl sites for hydroxylation is 1. The first-order valence-corrected chi connectivity index (χ1v) is 11.7. The number of halogens is 2. The summed E-state index contributed by atoms with van der Waals surface area (Å²) in [6.07, 6.45) is -2.25. The number of aliphatic hydroxyl groups excluding tert-OH is 3. The quantitative estimate of drug-likeness (QED) is 0.239. The zero-order valence-electron chi connectivity index (χ0n) is 17.4. The van der Waals surface area contributed by atoms with Crippen LogP contribution in [0.3, 0.4) is 0 Å². The number of benzene rings is 1. The van der Waals surface area contributed by atoms with Crippen LogP contribution >= 0.6 is 19.4 Å². The van der Waals surface area contributed by atoms with Crippen molar-refractivity contribution in [3.05, 3.63) is 40.7 Å². The fourth-order valence-corrected chi connectivity index (χ4v) is 4.20. The number of fused-ring (bicyclic) bond motifs is 1. The van der Waals surface area contributed by atoms with Gasteiger partial charge < -0.3 is 29.9 Å². The normalized spacial score (nSPS) is 22.9. The fraction of sp³-hybridized carbons (Fsp3) is 0.389. The molecule has 0 bridgehead atoms. The zero-order valence-corrected chi connectivity index (χ0v) is 19.1. The van der Waals surface area contributed by atoms with E-state index in [1.165, 1.54) is 24.1 Å². The summed E-state index contributed by atoms with van der Waals surface area (Å²) in [5, 5.41) is 32.5. The number of hydrogen-bond acceptors (Lipinski definition) is 10. The molecule has 1 aliphatic rings. The van der Waals surface area contributed by atoms with Crippen LogP contribution < -0.4 is 9.84 Å². The summed E-state index contributed by atoms with van der Waals surface area (Å²) in [7, 11) is -5.01. The van der Waals surface area contributed by atoms with Crippen LogP contribution in [0, 0.1) is 12.7 Å². The Morgan fingerprint density at radius 1 is 1.29 bits per heavy atom. The Kier molecular flexibility index (Phi) is 6.77. The lowest BCUT2D eigenvalue weighted by Gasteiger charge is -2.17. The lowest BCUT2D eigenvalue weighted by atomic mass is 10.1. The first kappa shape index (κ1) is 24.7. The van der Waals surface area contributed by atoms with E-state index in [1.54, 1.807) is 0 Å². The molecule has 1 saturated heterocycles. The van der Waals surface area contributed by atoms with Gasteiger partial charge in [-0.05, 0) is 18.6 Å². The minimum Gasteiger partial charge on any atom is -0.401 e. The number of hydrogen-bond donors (Lipinski definition) is 6. The number of anilines is 1. The SMILES string of the molecule is Cc1cc(OP(=O)(O)O)c(F)c(CNc2ncnc3c2ncn3[C@@H]2O[C@H](CO)[C@@H](O)[C@H]2O)c1Cl. The number of aromatic nitrogens is 4. The minimum atomic E-state index is -5.01. The molecule has 0 unspecified atom stereocenters. The van der Waals surface area contributed by atoms with E-state index in [0.717, 1.165) is 6.07 Å². The Hall–Kier alpha value is -2.42. The maximum Gasteiger partial charge on any atom is 0.524 e. The Morgan fingerprint density at radius 3 is 2.68 bits per heavy atom. The van der Waals surface area contributed by atoms with Gasteiger partial charge in [0.05, 0.1) is 18.0 Å². The average molecular weight is 520 g/mol. The molecule has 13 nitrogen and oxygen atoms in total. The van der Waals surface area contributed by atoms with Crippen molar-refractivity contribution in [2.24, 2.45) is 0 Å². The largest absolute Gasteiger partial charge is 0.524 e. The zero-order chi connectivity index (χ0) is 24.8. The summed E-state index contributed by atoms with van der Waals surface area (Å²) < 4.78 is 37.3. The third kappa shape index (κ3) is 4.59. The molecule has 1 fully saturated rings. The molecule has 0 radical (unpaired) electrons. The van der Waals surface area contributed by atoms with Crippen molar-refractivity contribution in [2.75, 3.05) is 11.9 Å². The Bertz CT molecular complexity index is 1270. The molecule has 4 atom stereocenters. The first-order valence-electron chi connectivity index (χ1n) is 9.78. The van der Waals surface area contributed by atoms with E-state index in [4.69, 9.17) is 26.1 Å². The van der Waals surface area contributed by atoms with E-state index in [-0.39, 0.29) is 34.1 Å². The summed E-state index contributed by atoms with van der Waals surface area (Å²) >= 11 is 6.20. The van der Waals surface area contributed by atoms with E-state index in [9.17, 15) is 24.3 Å². The summed E-state index contributed by atoms with van der Waals surface area (Å²) in [6.45, 7) is 0.764. The van der Waals surface area contributed by atoms with Crippen LogP contribution in [0.1, 0.15) is 17.4 Å². The molecule has 2 aromatic heterocycles. The monoisotopic (exact) mass is 519 g/mol. The van der Waals surface area contributed by atoms with Crippen molar-refractivity contribution in [1.29, 1.82) is 0 Å². The highest BCUT2D eigenvalue weighted by molar-refractivity contribution is 7.46. The Labute approximate surface area is 196 Å². The second-order valence-corrected chi connectivity index (χ2v) is 9.05. The molecule has 0 aliphatic carbocycles. The number of imidazole rings is 1. The number of phosphoric ester groups is 1. The molecule has 0 saturated carbocycles. The van der Waals surface area contributed by atoms with Crippen molar-refractivity contribution < 1.29 is 43.3 Å². The third-order valence-electron chi connectivity index (χ3n) is 5.24. The van der Waals surface area contributed by atoms with E-state index in [1.807, 2.05) is 0 Å². The van der Waals surface area contributed by atoms with Gasteiger partial charge in [0, 0.05) is 12.1 Å². The number of aliphatic hydroxyl groups is 3. The van der Waals surface area contributed by atoms with Crippen LogP contribution in [-0.4, -0.2) is 69.5 Å². The predicted octanol–water partition coefficient (Wildman–Crippen LogP) is 0.622. The van der Waals surface area contributed by atoms with Gasteiger partial charge in [0.15, 0.2) is 34.8 Å². The molecule has 184 valence electrons. The molecule has 4 rings (SSSR count). The summed E-state index contributed by atoms with van der Waals surface area (Å²) in [5.74, 6) is -1.56. The lowest BCUT2D eigenvalue weighted by molar-refractivity contribution is -0.0511. The molecule has 16 heteroatoms. The van der Waals surface area contributed by atoms with Crippen LogP contribution in [-0.2, 0) is 15.8 Å². The fourth-order valence-electron chi connectivity index (χ4n) is 3.61. The van der Waals surface area contributed by atoms with Crippen molar-refractivity contribution in [3.8, 4) is 5.75 Å². The van der Waals surface area contributed by atoms with E-state index in [2.05, 4.69) is 24.8 Å². The maximum atomic E-state index is 14.9. The smallest absolute Gasteiger partial charge is 0.401 e. The maximum absolute atomic E-state index is 14.9. The molecule has 3 heterocycles. The van der Waals surface area contributed by atoms with Crippen LogP contribution in [0.5, 0.6) is 5.75 Å². The Balaban J connectivity index is 1.63. The van der Waals surface area contributed by atoms with Gasteiger partial charge in [-0.1, -0.05) is 11.6 Å². The van der Waals surface area contributed by atoms with Gasteiger partial charge in [-0.3, -0.25) is 14.4 Å². The van der Waals surface area contributed by atoms with Gasteiger partial charge in [-0.2, -0.15) is 0 Å². The number of nitrogens with one attached hydrogen (secondary N) is 1. The van der Waals surface area contributed by atoms with Crippen molar-refractivity contribution in [1.82, 2.24) is 19.5 Å². The van der Waals surface area contributed by atoms with E-state index >= 15 is 0 Å². The highest BCUT2D eigenvalue weighted by Crippen LogP contribution is 2.41. The van der Waals surface area contributed by atoms with E-state index in [0.29, 0.717) is 5.56 Å². The van der Waals surface area contributed by atoms with Gasteiger partial charge in [0.1, 0.15) is 24.6 Å². The van der Waals surface area contributed by atoms with E-state index < -0.39 is 50.5 Å². The Morgan fingerprint density at radius 2 is 2.03 bits per heavy atom. The first-order chi connectivity index (χ1) is 16.0. The standard InChI is InChI=1S/C18H20ClFN5O8P/c1-7-2-9(33-34(29,30)31)12(20)8(11(7)19)3-21-16-13-17(23-5-22-16)25(6-24-13)18-15(28)14(27)10(4-26)32-18/h2,5-6,10,14-15,18,26-28H,3-4H2,1H3,(H,21,22,23)(H2,29,30,31)/t10-,14-,15-,18-/m1/s1. The third-order valence-corrected chi connectivity index (χ3v) is 6.20. The van der Waals surface area contributed by atoms with Crippen molar-refractivity contribution >= 4 is 36.4 Å². The van der Waals surface area contributed by atoms with Gasteiger partial charge in [0.25, 0.3) is 0 Å². The molecule has 34 heavy (non-hydrogen) atoms. The van der Waals surface area contributed by atoms with Crippen LogP contribution in [0.15, 0.2) is 18.7 Å². The number of rotatable bonds is 7. The van der Waals surface area contributed by atoms with Crippen LogP contribution in [0.25, 0.3) is 11.2 Å². The molecule has 1 aliphatic heterocycles. The average Bonchev–Trinajstić information content (AvgIpc) is 3.32. The molecule has 1 aromatic carbocycles. The molecular formula is C18H20ClFN5O8P. The highest BCUT2D eigenvalue weighted by Gasteiger charge is 2.44. The van der Waals surface area contributed by atoms with Gasteiger partial charge in [-0.15, -0.1) is 0 Å². The van der Waals surface area contributed by atoms with Gasteiger partial charge >= 0.3 is 7.82 Å². The summed E-state index contributed by atoms with van der Waals surface area (Å²) in [5.41, 5.74) is 0.634. The highest BCUT2D eigenvalue weighted by atomic mass is 35.5. The second-order valence-electron chi connectivity index (χ2n) is 7.51. The summed E-state index contributed by atoms with van der Waals surface area (Å²) in [4.78, 5) is 30.4.